The Balaban J connectivity index is 1.32. The largest absolute Gasteiger partial charge is 0.449 e. The fourth-order valence-electron chi connectivity index (χ4n) is 4.59. The summed E-state index contributed by atoms with van der Waals surface area (Å²) >= 11 is 0. The quantitative estimate of drug-likeness (QED) is 0.498. The third-order valence-electron chi connectivity index (χ3n) is 6.32. The molecule has 0 bridgehead atoms. The van der Waals surface area contributed by atoms with Gasteiger partial charge in [-0.05, 0) is 43.4 Å². The Hall–Kier alpha value is -3.11. The van der Waals surface area contributed by atoms with E-state index in [1.807, 2.05) is 17.0 Å². The van der Waals surface area contributed by atoms with E-state index < -0.39 is 11.7 Å². The van der Waals surface area contributed by atoms with Gasteiger partial charge in [-0.25, -0.2) is 4.98 Å². The number of benzene rings is 1. The average Bonchev–Trinajstić information content (AvgIpc) is 3.37. The lowest BCUT2D eigenvalue weighted by molar-refractivity contribution is -0.0889. The van der Waals surface area contributed by atoms with Crippen LogP contribution >= 0.6 is 0 Å². The molecule has 2 atom stereocenters. The number of rotatable bonds is 6. The molecule has 10 heteroatoms. The molecule has 2 aromatic heterocycles. The van der Waals surface area contributed by atoms with Crippen LogP contribution in [-0.4, -0.2) is 51.9 Å². The van der Waals surface area contributed by atoms with Gasteiger partial charge in [0.2, 0.25) is 5.58 Å². The zero-order valence-electron chi connectivity index (χ0n) is 18.4. The van der Waals surface area contributed by atoms with E-state index in [2.05, 4.69) is 15.3 Å². The Morgan fingerprint density at radius 2 is 2.18 bits per heavy atom. The first-order valence-electron chi connectivity index (χ1n) is 11.3. The fourth-order valence-corrected chi connectivity index (χ4v) is 4.59. The first kappa shape index (κ1) is 22.7. The highest BCUT2D eigenvalue weighted by Gasteiger charge is 2.33. The second kappa shape index (κ2) is 8.92. The van der Waals surface area contributed by atoms with Crippen LogP contribution in [0.4, 0.5) is 18.9 Å². The molecule has 0 saturated carbocycles. The van der Waals surface area contributed by atoms with Crippen molar-refractivity contribution in [2.45, 2.75) is 38.1 Å². The molecule has 1 aliphatic carbocycles. The van der Waals surface area contributed by atoms with E-state index >= 15 is 0 Å². The number of anilines is 1. The van der Waals surface area contributed by atoms with E-state index in [0.29, 0.717) is 61.2 Å². The molecule has 1 aliphatic heterocycles. The summed E-state index contributed by atoms with van der Waals surface area (Å²) in [6.07, 6.45) is 1.14. The minimum atomic E-state index is -4.33. The summed E-state index contributed by atoms with van der Waals surface area (Å²) < 4.78 is 44.6. The second-order valence-electron chi connectivity index (χ2n) is 8.91. The Kier molecular flexibility index (Phi) is 5.95. The number of nitrogens with zero attached hydrogens (tertiary/aromatic N) is 2. The normalized spacial score (nSPS) is 21.5. The number of aromatic nitrogens is 2. The van der Waals surface area contributed by atoms with Crippen molar-refractivity contribution in [3.63, 3.8) is 0 Å². The van der Waals surface area contributed by atoms with Crippen molar-refractivity contribution in [3.8, 4) is 0 Å². The number of aliphatic hydroxyl groups is 1. The van der Waals surface area contributed by atoms with Crippen molar-refractivity contribution in [2.75, 3.05) is 25.0 Å². The van der Waals surface area contributed by atoms with Gasteiger partial charge in [0.05, 0.1) is 18.2 Å². The minimum Gasteiger partial charge on any atom is -0.449 e. The summed E-state index contributed by atoms with van der Waals surface area (Å²) in [4.78, 5) is 22.0. The molecule has 0 spiro atoms. The summed E-state index contributed by atoms with van der Waals surface area (Å²) in [7, 11) is 0. The highest BCUT2D eigenvalue weighted by molar-refractivity contribution is 6.03. The van der Waals surface area contributed by atoms with Crippen LogP contribution in [0.5, 0.6) is 0 Å². The molecular formula is C24H25F3N4O3. The molecule has 7 nitrogen and oxygen atoms in total. The number of allylic oxidation sites excluding steroid dienone is 4. The topological polar surface area (TPSA) is 94.4 Å². The molecular weight excluding hydrogens is 449 g/mol. The van der Waals surface area contributed by atoms with Crippen LogP contribution in [0.3, 0.4) is 0 Å². The number of nitrogens with one attached hydrogen (secondary N) is 2. The monoisotopic (exact) mass is 474 g/mol. The van der Waals surface area contributed by atoms with Crippen molar-refractivity contribution < 1.29 is 22.7 Å². The van der Waals surface area contributed by atoms with Crippen LogP contribution in [0.25, 0.3) is 22.1 Å². The number of furan rings is 1. The first-order valence-corrected chi connectivity index (χ1v) is 11.3. The predicted molar refractivity (Wildman–Crippen MR) is 123 cm³/mol. The Morgan fingerprint density at radius 1 is 1.32 bits per heavy atom. The number of aromatic amines is 1. The number of β-amino-alcohol motifs (C(OH)–C–C–N with tert-alkyl or cyclic N) is 1. The minimum absolute atomic E-state index is 0.149. The van der Waals surface area contributed by atoms with E-state index in [-0.39, 0.29) is 23.2 Å². The summed E-state index contributed by atoms with van der Waals surface area (Å²) in [6.45, 7) is 2.20. The van der Waals surface area contributed by atoms with Crippen molar-refractivity contribution in [1.82, 2.24) is 14.9 Å². The summed E-state index contributed by atoms with van der Waals surface area (Å²) in [5.74, 6) is 0.324. The molecule has 2 aliphatic rings. The third-order valence-corrected chi connectivity index (χ3v) is 6.32. The molecule has 180 valence electrons. The maximum Gasteiger partial charge on any atom is 0.416 e. The van der Waals surface area contributed by atoms with E-state index in [0.717, 1.165) is 18.3 Å². The van der Waals surface area contributed by atoms with Gasteiger partial charge in [0, 0.05) is 30.7 Å². The fraction of sp³-hybridized carbons (Fsp3) is 0.417. The molecule has 34 heavy (non-hydrogen) atoms. The van der Waals surface area contributed by atoms with Crippen LogP contribution in [0, 0.1) is 5.92 Å². The SMILES string of the molecule is O=c1[nH]c(CN2CC[C@H](O)C2)nc2c1oc1ccc(NCCC3C=C(C(F)(F)F)C=CC3)cc12. The van der Waals surface area contributed by atoms with Gasteiger partial charge >= 0.3 is 6.18 Å². The smallest absolute Gasteiger partial charge is 0.416 e. The molecule has 3 aromatic rings. The molecule has 1 fully saturated rings. The van der Waals surface area contributed by atoms with Crippen LogP contribution in [0.1, 0.15) is 25.1 Å². The van der Waals surface area contributed by atoms with E-state index in [1.165, 1.54) is 6.08 Å². The van der Waals surface area contributed by atoms with Crippen LogP contribution in [0.15, 0.2) is 51.2 Å². The number of H-pyrrole nitrogens is 1. The van der Waals surface area contributed by atoms with Gasteiger partial charge in [-0.15, -0.1) is 0 Å². The van der Waals surface area contributed by atoms with Crippen LogP contribution in [0.2, 0.25) is 0 Å². The van der Waals surface area contributed by atoms with Gasteiger partial charge in [-0.2, -0.15) is 13.2 Å². The number of fused-ring (bicyclic) bond motifs is 3. The van der Waals surface area contributed by atoms with Crippen LogP contribution < -0.4 is 10.9 Å². The van der Waals surface area contributed by atoms with Gasteiger partial charge in [-0.3, -0.25) is 9.69 Å². The van der Waals surface area contributed by atoms with Crippen molar-refractivity contribution in [1.29, 1.82) is 0 Å². The maximum absolute atomic E-state index is 12.9. The van der Waals surface area contributed by atoms with Gasteiger partial charge < -0.3 is 19.8 Å². The highest BCUT2D eigenvalue weighted by Crippen LogP contribution is 2.32. The number of alkyl halides is 3. The van der Waals surface area contributed by atoms with E-state index in [9.17, 15) is 23.1 Å². The van der Waals surface area contributed by atoms with Crippen molar-refractivity contribution in [2.24, 2.45) is 5.92 Å². The first-order chi connectivity index (χ1) is 16.3. The summed E-state index contributed by atoms with van der Waals surface area (Å²) in [5, 5.41) is 13.7. The molecule has 1 saturated heterocycles. The average molecular weight is 474 g/mol. The lowest BCUT2D eigenvalue weighted by atomic mass is 9.93. The Labute approximate surface area is 193 Å². The number of aliphatic hydroxyl groups excluding tert-OH is 1. The zero-order valence-corrected chi connectivity index (χ0v) is 18.4. The lowest BCUT2D eigenvalue weighted by Crippen LogP contribution is -2.24. The molecule has 0 radical (unpaired) electrons. The maximum atomic E-state index is 12.9. The van der Waals surface area contributed by atoms with E-state index in [1.54, 1.807) is 12.1 Å². The molecule has 0 amide bonds. The second-order valence-corrected chi connectivity index (χ2v) is 8.91. The predicted octanol–water partition coefficient (Wildman–Crippen LogP) is 4.10. The van der Waals surface area contributed by atoms with Crippen molar-refractivity contribution >= 4 is 27.8 Å². The Morgan fingerprint density at radius 3 is 2.94 bits per heavy atom. The molecule has 1 unspecified atom stereocenters. The van der Waals surface area contributed by atoms with Gasteiger partial charge in [0.15, 0.2) is 0 Å². The van der Waals surface area contributed by atoms with Gasteiger partial charge in [-0.1, -0.05) is 18.2 Å². The molecule has 1 aromatic carbocycles. The standard InChI is InChI=1S/C24H25F3N4O3/c25-24(26,27)15-3-1-2-14(10-15)6-8-28-16-4-5-19-18(11-16)21-22(34-19)23(33)30-20(29-21)13-31-9-7-17(32)12-31/h1,3-5,10-11,14,17,28,32H,2,6-9,12-13H2,(H,29,30,33)/t14?,17-/m0/s1. The number of hydrogen-bond donors (Lipinski definition) is 3. The summed E-state index contributed by atoms with van der Waals surface area (Å²) in [5.41, 5.74) is 0.965. The van der Waals surface area contributed by atoms with Gasteiger partial charge in [0.25, 0.3) is 5.56 Å². The highest BCUT2D eigenvalue weighted by atomic mass is 19.4. The number of halogens is 3. The van der Waals surface area contributed by atoms with Crippen molar-refractivity contribution in [3.05, 3.63) is 58.2 Å². The van der Waals surface area contributed by atoms with E-state index in [4.69, 9.17) is 4.42 Å². The lowest BCUT2D eigenvalue weighted by Gasteiger charge is -2.18. The molecule has 3 heterocycles. The molecule has 5 rings (SSSR count). The Bertz CT molecular complexity index is 1320. The number of hydrogen-bond acceptors (Lipinski definition) is 6. The van der Waals surface area contributed by atoms with Crippen LogP contribution in [-0.2, 0) is 6.54 Å². The van der Waals surface area contributed by atoms with Gasteiger partial charge in [0.1, 0.15) is 16.9 Å². The third kappa shape index (κ3) is 4.74. The number of likely N-dealkylation sites (tertiary alicyclic amines) is 1. The molecule has 3 N–H and O–H groups in total. The summed E-state index contributed by atoms with van der Waals surface area (Å²) in [6, 6.07) is 5.40. The zero-order chi connectivity index (χ0) is 23.9.